The number of Topliss-reactive ketones (excluding diaryl/α,β-unsaturated/α-hetero) is 1. The van der Waals surface area contributed by atoms with Crippen LogP contribution in [0.3, 0.4) is 0 Å². The van der Waals surface area contributed by atoms with Crippen LogP contribution in [-0.2, 0) is 30.3 Å². The maximum Gasteiger partial charge on any atom is 0.317 e. The monoisotopic (exact) mass is 382 g/mol. The van der Waals surface area contributed by atoms with Crippen LogP contribution in [-0.4, -0.2) is 30.9 Å². The largest absolute Gasteiger partial charge is 0.466 e. The van der Waals surface area contributed by atoms with Gasteiger partial charge in [-0.05, 0) is 30.5 Å². The molecule has 148 valence electrons. The molecular weight excluding hydrogens is 356 g/mol. The Morgan fingerprint density at radius 2 is 1.32 bits per heavy atom. The van der Waals surface area contributed by atoms with Crippen molar-refractivity contribution in [3.05, 3.63) is 60.2 Å². The fraction of sp³-hybridized carbons (Fsp3) is 0.348. The van der Waals surface area contributed by atoms with Gasteiger partial charge in [-0.1, -0.05) is 61.5 Å². The maximum absolute atomic E-state index is 12.8. The molecule has 0 heterocycles. The average Bonchev–Trinajstić information content (AvgIpc) is 2.69. The number of esters is 2. The molecule has 0 aliphatic rings. The summed E-state index contributed by atoms with van der Waals surface area (Å²) in [5.74, 6) is -3.68. The molecule has 0 amide bonds. The summed E-state index contributed by atoms with van der Waals surface area (Å²) in [7, 11) is 0. The number of ketones is 1. The number of hydrogen-bond acceptors (Lipinski definition) is 5. The second-order valence-electron chi connectivity index (χ2n) is 6.48. The normalized spacial score (nSPS) is 12.7. The van der Waals surface area contributed by atoms with Gasteiger partial charge in [-0.2, -0.15) is 0 Å². The van der Waals surface area contributed by atoms with E-state index in [1.807, 2.05) is 54.6 Å². The molecule has 2 aromatic carbocycles. The Kier molecular flexibility index (Phi) is 7.93. The van der Waals surface area contributed by atoms with Crippen LogP contribution in [0.4, 0.5) is 0 Å². The van der Waals surface area contributed by atoms with Gasteiger partial charge in [0.05, 0.1) is 19.1 Å². The lowest BCUT2D eigenvalue weighted by atomic mass is 9.87. The molecule has 5 heteroatoms. The standard InChI is InChI=1S/C23H26O5/c1-4-27-22(25)16(3)21(23(26)28-5-2)20(24)15-17-11-13-19(14-12-17)18-9-7-6-8-10-18/h6-14,16,21H,4-5,15H2,1-3H3. The molecular formula is C23H26O5. The predicted molar refractivity (Wildman–Crippen MR) is 107 cm³/mol. The van der Waals surface area contributed by atoms with E-state index in [1.54, 1.807) is 13.8 Å². The molecule has 2 unspecified atom stereocenters. The number of ether oxygens (including phenoxy) is 2. The van der Waals surface area contributed by atoms with Crippen LogP contribution in [0.15, 0.2) is 54.6 Å². The lowest BCUT2D eigenvalue weighted by molar-refractivity contribution is -0.162. The van der Waals surface area contributed by atoms with Crippen molar-refractivity contribution in [3.63, 3.8) is 0 Å². The Morgan fingerprint density at radius 1 is 0.786 bits per heavy atom. The molecule has 0 N–H and O–H groups in total. The summed E-state index contributed by atoms with van der Waals surface area (Å²) >= 11 is 0. The molecule has 0 aliphatic heterocycles. The molecule has 0 bridgehead atoms. The molecule has 0 fully saturated rings. The van der Waals surface area contributed by atoms with Crippen LogP contribution in [0.2, 0.25) is 0 Å². The highest BCUT2D eigenvalue weighted by molar-refractivity contribution is 6.03. The van der Waals surface area contributed by atoms with Crippen molar-refractivity contribution >= 4 is 17.7 Å². The second-order valence-corrected chi connectivity index (χ2v) is 6.48. The van der Waals surface area contributed by atoms with Crippen LogP contribution in [0.1, 0.15) is 26.3 Å². The van der Waals surface area contributed by atoms with Gasteiger partial charge in [0.1, 0.15) is 5.92 Å². The number of rotatable bonds is 9. The molecule has 0 aliphatic carbocycles. The molecule has 2 atom stereocenters. The molecule has 0 saturated carbocycles. The van der Waals surface area contributed by atoms with E-state index in [-0.39, 0.29) is 25.4 Å². The van der Waals surface area contributed by atoms with Gasteiger partial charge in [0.15, 0.2) is 5.78 Å². The van der Waals surface area contributed by atoms with E-state index in [9.17, 15) is 14.4 Å². The average molecular weight is 382 g/mol. The summed E-state index contributed by atoms with van der Waals surface area (Å²) in [5, 5.41) is 0. The van der Waals surface area contributed by atoms with Crippen molar-refractivity contribution in [1.82, 2.24) is 0 Å². The van der Waals surface area contributed by atoms with Crippen LogP contribution < -0.4 is 0 Å². The highest BCUT2D eigenvalue weighted by Crippen LogP contribution is 2.22. The van der Waals surface area contributed by atoms with E-state index < -0.39 is 23.8 Å². The van der Waals surface area contributed by atoms with Crippen molar-refractivity contribution in [3.8, 4) is 11.1 Å². The minimum atomic E-state index is -1.17. The quantitative estimate of drug-likeness (QED) is 0.487. The summed E-state index contributed by atoms with van der Waals surface area (Å²) in [6.45, 7) is 5.20. The molecule has 0 radical (unpaired) electrons. The van der Waals surface area contributed by atoms with E-state index in [1.165, 1.54) is 6.92 Å². The first-order valence-corrected chi connectivity index (χ1v) is 9.48. The fourth-order valence-corrected chi connectivity index (χ4v) is 3.01. The first-order chi connectivity index (χ1) is 13.5. The van der Waals surface area contributed by atoms with Crippen molar-refractivity contribution in [2.45, 2.75) is 27.2 Å². The number of carbonyl (C=O) groups is 3. The predicted octanol–water partition coefficient (Wildman–Crippen LogP) is 3.84. The zero-order valence-corrected chi connectivity index (χ0v) is 16.5. The Balaban J connectivity index is 2.15. The van der Waals surface area contributed by atoms with Crippen LogP contribution in [0.5, 0.6) is 0 Å². The van der Waals surface area contributed by atoms with Crippen molar-refractivity contribution < 1.29 is 23.9 Å². The van der Waals surface area contributed by atoms with Gasteiger partial charge >= 0.3 is 11.9 Å². The smallest absolute Gasteiger partial charge is 0.317 e. The number of carbonyl (C=O) groups excluding carboxylic acids is 3. The second kappa shape index (κ2) is 10.4. The van der Waals surface area contributed by atoms with Crippen LogP contribution >= 0.6 is 0 Å². The number of benzene rings is 2. The molecule has 2 rings (SSSR count). The Morgan fingerprint density at radius 3 is 1.89 bits per heavy atom. The van der Waals surface area contributed by atoms with Crippen LogP contribution in [0, 0.1) is 11.8 Å². The Bertz CT molecular complexity index is 796. The van der Waals surface area contributed by atoms with E-state index in [4.69, 9.17) is 9.47 Å². The van der Waals surface area contributed by atoms with Gasteiger partial charge in [0.2, 0.25) is 0 Å². The lowest BCUT2D eigenvalue weighted by Crippen LogP contribution is -2.37. The summed E-state index contributed by atoms with van der Waals surface area (Å²) in [6.07, 6.45) is 0.0439. The Labute approximate surface area is 165 Å². The SMILES string of the molecule is CCOC(=O)C(C)C(C(=O)Cc1ccc(-c2ccccc2)cc1)C(=O)OCC. The summed E-state index contributed by atoms with van der Waals surface area (Å²) in [6, 6.07) is 17.5. The highest BCUT2D eigenvalue weighted by atomic mass is 16.5. The zero-order chi connectivity index (χ0) is 20.5. The topological polar surface area (TPSA) is 69.7 Å². The van der Waals surface area contributed by atoms with E-state index >= 15 is 0 Å². The van der Waals surface area contributed by atoms with Gasteiger partial charge in [0.25, 0.3) is 0 Å². The zero-order valence-electron chi connectivity index (χ0n) is 16.5. The van der Waals surface area contributed by atoms with E-state index in [0.29, 0.717) is 0 Å². The van der Waals surface area contributed by atoms with Crippen molar-refractivity contribution in [2.75, 3.05) is 13.2 Å². The fourth-order valence-electron chi connectivity index (χ4n) is 3.01. The lowest BCUT2D eigenvalue weighted by Gasteiger charge is -2.20. The minimum Gasteiger partial charge on any atom is -0.466 e. The van der Waals surface area contributed by atoms with Gasteiger partial charge in [-0.25, -0.2) is 0 Å². The third kappa shape index (κ3) is 5.52. The van der Waals surface area contributed by atoms with E-state index in [2.05, 4.69) is 0 Å². The molecule has 0 aromatic heterocycles. The third-order valence-corrected chi connectivity index (χ3v) is 4.49. The summed E-state index contributed by atoms with van der Waals surface area (Å²) in [4.78, 5) is 37.2. The maximum atomic E-state index is 12.8. The van der Waals surface area contributed by atoms with Gasteiger partial charge < -0.3 is 9.47 Å². The summed E-state index contributed by atoms with van der Waals surface area (Å²) in [5.41, 5.74) is 2.90. The van der Waals surface area contributed by atoms with Gasteiger partial charge in [-0.15, -0.1) is 0 Å². The molecule has 0 spiro atoms. The van der Waals surface area contributed by atoms with Gasteiger partial charge in [-0.3, -0.25) is 14.4 Å². The molecule has 28 heavy (non-hydrogen) atoms. The molecule has 5 nitrogen and oxygen atoms in total. The summed E-state index contributed by atoms with van der Waals surface area (Å²) < 4.78 is 10.0. The first kappa shape index (κ1) is 21.4. The van der Waals surface area contributed by atoms with Crippen LogP contribution in [0.25, 0.3) is 11.1 Å². The van der Waals surface area contributed by atoms with Gasteiger partial charge in [0, 0.05) is 6.42 Å². The molecule has 2 aromatic rings. The minimum absolute atomic E-state index is 0.0439. The van der Waals surface area contributed by atoms with Crippen molar-refractivity contribution in [1.29, 1.82) is 0 Å². The Hall–Kier alpha value is -2.95. The molecule has 0 saturated heterocycles. The van der Waals surface area contributed by atoms with Crippen molar-refractivity contribution in [2.24, 2.45) is 11.8 Å². The van der Waals surface area contributed by atoms with E-state index in [0.717, 1.165) is 16.7 Å². The third-order valence-electron chi connectivity index (χ3n) is 4.49. The highest BCUT2D eigenvalue weighted by Gasteiger charge is 2.38. The number of hydrogen-bond donors (Lipinski definition) is 0. The first-order valence-electron chi connectivity index (χ1n) is 9.48.